The molecular formula is C14H13ClFNO2S2. The number of thiophene rings is 1. The van der Waals surface area contributed by atoms with Crippen molar-refractivity contribution in [2.45, 2.75) is 30.0 Å². The lowest BCUT2D eigenvalue weighted by Crippen LogP contribution is -2.41. The second-order valence-corrected chi connectivity index (χ2v) is 8.78. The maximum absolute atomic E-state index is 13.5. The predicted molar refractivity (Wildman–Crippen MR) is 83.2 cm³/mol. The lowest BCUT2D eigenvalue weighted by Gasteiger charge is -2.35. The molecule has 0 spiro atoms. The van der Waals surface area contributed by atoms with E-state index >= 15 is 0 Å². The molecular weight excluding hydrogens is 333 g/mol. The van der Waals surface area contributed by atoms with Crippen LogP contribution in [0.3, 0.4) is 0 Å². The zero-order valence-corrected chi connectivity index (χ0v) is 13.6. The smallest absolute Gasteiger partial charge is 0.263 e. The van der Waals surface area contributed by atoms with Crippen molar-refractivity contribution in [1.82, 2.24) is 0 Å². The number of nitrogens with zero attached hydrogens (tertiary/aromatic N) is 1. The van der Waals surface area contributed by atoms with E-state index < -0.39 is 15.8 Å². The van der Waals surface area contributed by atoms with Crippen molar-refractivity contribution < 1.29 is 12.8 Å². The molecule has 0 amide bonds. The van der Waals surface area contributed by atoms with Gasteiger partial charge in [-0.15, -0.1) is 11.3 Å². The van der Waals surface area contributed by atoms with Crippen LogP contribution in [0.15, 0.2) is 34.5 Å². The third kappa shape index (κ3) is 2.56. The normalized spacial score (nSPS) is 18.6. The summed E-state index contributed by atoms with van der Waals surface area (Å²) in [4.78, 5) is 0. The summed E-state index contributed by atoms with van der Waals surface area (Å²) in [7, 11) is -3.72. The van der Waals surface area contributed by atoms with Gasteiger partial charge in [0.15, 0.2) is 0 Å². The van der Waals surface area contributed by atoms with E-state index in [1.54, 1.807) is 12.1 Å². The van der Waals surface area contributed by atoms with E-state index in [1.165, 1.54) is 22.5 Å². The van der Waals surface area contributed by atoms with E-state index in [0.29, 0.717) is 16.4 Å². The van der Waals surface area contributed by atoms with Crippen molar-refractivity contribution >= 4 is 38.6 Å². The predicted octanol–water partition coefficient (Wildman–Crippen LogP) is 4.07. The standard InChI is InChI=1S/C14H13ClFNO2S2/c1-9-2-3-10-4-5-11(16)8-12(10)17(9)21(18,19)14-7-6-13(15)20-14/h4-9H,2-3H2,1H3. The van der Waals surface area contributed by atoms with E-state index in [-0.39, 0.29) is 10.3 Å². The van der Waals surface area contributed by atoms with Gasteiger partial charge in [0, 0.05) is 6.04 Å². The second-order valence-electron chi connectivity index (χ2n) is 5.02. The Morgan fingerprint density at radius 1 is 1.33 bits per heavy atom. The Bertz CT molecular complexity index is 788. The van der Waals surface area contributed by atoms with Gasteiger partial charge >= 0.3 is 0 Å². The monoisotopic (exact) mass is 345 g/mol. The fourth-order valence-corrected chi connectivity index (χ4v) is 5.86. The highest BCUT2D eigenvalue weighted by molar-refractivity contribution is 7.94. The van der Waals surface area contributed by atoms with Crippen molar-refractivity contribution in [3.8, 4) is 0 Å². The van der Waals surface area contributed by atoms with E-state index in [1.807, 2.05) is 6.92 Å². The Kier molecular flexibility index (Phi) is 3.71. The Labute approximate surface area is 132 Å². The topological polar surface area (TPSA) is 37.4 Å². The molecule has 1 aromatic heterocycles. The number of rotatable bonds is 2. The molecule has 1 unspecified atom stereocenters. The minimum Gasteiger partial charge on any atom is -0.263 e. The summed E-state index contributed by atoms with van der Waals surface area (Å²) < 4.78 is 41.1. The molecule has 0 fully saturated rings. The van der Waals surface area contributed by atoms with Gasteiger partial charge in [0.05, 0.1) is 10.0 Å². The molecule has 0 radical (unpaired) electrons. The van der Waals surface area contributed by atoms with Crippen molar-refractivity contribution in [3.05, 3.63) is 46.0 Å². The number of hydrogen-bond donors (Lipinski definition) is 0. The summed E-state index contributed by atoms with van der Waals surface area (Å²) in [6.07, 6.45) is 1.45. The van der Waals surface area contributed by atoms with Crippen LogP contribution in [0.2, 0.25) is 4.34 Å². The first-order chi connectivity index (χ1) is 9.89. The highest BCUT2D eigenvalue weighted by Gasteiger charge is 2.34. The van der Waals surface area contributed by atoms with Crippen LogP contribution in [0.25, 0.3) is 0 Å². The van der Waals surface area contributed by atoms with Gasteiger partial charge in [-0.1, -0.05) is 17.7 Å². The van der Waals surface area contributed by atoms with Gasteiger partial charge in [0.2, 0.25) is 0 Å². The minimum absolute atomic E-state index is 0.177. The fourth-order valence-electron chi connectivity index (χ4n) is 2.57. The van der Waals surface area contributed by atoms with Crippen molar-refractivity contribution in [3.63, 3.8) is 0 Å². The van der Waals surface area contributed by atoms with Gasteiger partial charge in [-0.05, 0) is 49.6 Å². The van der Waals surface area contributed by atoms with Crippen LogP contribution in [-0.2, 0) is 16.4 Å². The molecule has 7 heteroatoms. The zero-order valence-electron chi connectivity index (χ0n) is 11.2. The molecule has 2 heterocycles. The first kappa shape index (κ1) is 14.8. The third-order valence-corrected chi connectivity index (χ3v) is 7.20. The molecule has 21 heavy (non-hydrogen) atoms. The number of anilines is 1. The van der Waals surface area contributed by atoms with Gasteiger partial charge in [-0.25, -0.2) is 12.8 Å². The van der Waals surface area contributed by atoms with E-state index in [2.05, 4.69) is 0 Å². The van der Waals surface area contributed by atoms with Crippen molar-refractivity contribution in [2.75, 3.05) is 4.31 Å². The number of sulfonamides is 1. The quantitative estimate of drug-likeness (QED) is 0.822. The van der Waals surface area contributed by atoms with Gasteiger partial charge in [-0.2, -0.15) is 0 Å². The molecule has 0 saturated heterocycles. The summed E-state index contributed by atoms with van der Waals surface area (Å²) >= 11 is 6.85. The summed E-state index contributed by atoms with van der Waals surface area (Å²) in [6.45, 7) is 1.83. The number of benzene rings is 1. The van der Waals surface area contributed by atoms with Crippen LogP contribution in [0.1, 0.15) is 18.9 Å². The van der Waals surface area contributed by atoms with Crippen LogP contribution in [0, 0.1) is 5.82 Å². The van der Waals surface area contributed by atoms with Crippen LogP contribution in [-0.4, -0.2) is 14.5 Å². The maximum Gasteiger partial charge on any atom is 0.274 e. The van der Waals surface area contributed by atoms with Crippen molar-refractivity contribution in [1.29, 1.82) is 0 Å². The summed E-state index contributed by atoms with van der Waals surface area (Å²) in [6, 6.07) is 7.13. The van der Waals surface area contributed by atoms with E-state index in [9.17, 15) is 12.8 Å². The summed E-state index contributed by atoms with van der Waals surface area (Å²) in [5, 5.41) is 0. The van der Waals surface area contributed by atoms with Gasteiger partial charge in [0.1, 0.15) is 10.0 Å². The molecule has 0 N–H and O–H groups in total. The molecule has 112 valence electrons. The Morgan fingerprint density at radius 2 is 2.10 bits per heavy atom. The Hall–Kier alpha value is -1.11. The first-order valence-electron chi connectivity index (χ1n) is 6.48. The highest BCUT2D eigenvalue weighted by atomic mass is 35.5. The molecule has 0 bridgehead atoms. The SMILES string of the molecule is CC1CCc2ccc(F)cc2N1S(=O)(=O)c1ccc(Cl)s1. The Balaban J connectivity index is 2.16. The molecule has 0 saturated carbocycles. The van der Waals surface area contributed by atoms with Gasteiger partial charge in [-0.3, -0.25) is 4.31 Å². The fraction of sp³-hybridized carbons (Fsp3) is 0.286. The largest absolute Gasteiger partial charge is 0.274 e. The molecule has 2 aromatic rings. The van der Waals surface area contributed by atoms with Crippen LogP contribution < -0.4 is 4.31 Å². The maximum atomic E-state index is 13.5. The molecule has 0 aliphatic carbocycles. The molecule has 1 atom stereocenters. The van der Waals surface area contributed by atoms with Crippen LogP contribution in [0.5, 0.6) is 0 Å². The average molecular weight is 346 g/mol. The molecule has 1 aromatic carbocycles. The molecule has 1 aliphatic heterocycles. The lowest BCUT2D eigenvalue weighted by atomic mass is 9.99. The lowest BCUT2D eigenvalue weighted by molar-refractivity contribution is 0.562. The number of aryl methyl sites for hydroxylation is 1. The number of fused-ring (bicyclic) bond motifs is 1. The second kappa shape index (κ2) is 5.26. The summed E-state index contributed by atoms with van der Waals surface area (Å²) in [5.74, 6) is -0.438. The first-order valence-corrected chi connectivity index (χ1v) is 9.11. The molecule has 3 nitrogen and oxygen atoms in total. The van der Waals surface area contributed by atoms with E-state index in [0.717, 1.165) is 23.3 Å². The Morgan fingerprint density at radius 3 is 2.76 bits per heavy atom. The van der Waals surface area contributed by atoms with Crippen molar-refractivity contribution in [2.24, 2.45) is 0 Å². The van der Waals surface area contributed by atoms with Crippen LogP contribution in [0.4, 0.5) is 10.1 Å². The van der Waals surface area contributed by atoms with Gasteiger partial charge in [0.25, 0.3) is 10.0 Å². The van der Waals surface area contributed by atoms with E-state index in [4.69, 9.17) is 11.6 Å². The number of hydrogen-bond acceptors (Lipinski definition) is 3. The zero-order chi connectivity index (χ0) is 15.2. The minimum atomic E-state index is -3.72. The molecule has 1 aliphatic rings. The number of halogens is 2. The third-order valence-electron chi connectivity index (χ3n) is 3.58. The van der Waals surface area contributed by atoms with Gasteiger partial charge < -0.3 is 0 Å². The molecule has 3 rings (SSSR count). The van der Waals surface area contributed by atoms with Crippen LogP contribution >= 0.6 is 22.9 Å². The highest BCUT2D eigenvalue weighted by Crippen LogP contribution is 2.38. The summed E-state index contributed by atoms with van der Waals surface area (Å²) in [5.41, 5.74) is 1.28. The average Bonchev–Trinajstić information content (AvgIpc) is 2.85.